The third kappa shape index (κ3) is 4.23. The number of hydrogen-bond acceptors (Lipinski definition) is 3. The van der Waals surface area contributed by atoms with E-state index >= 15 is 0 Å². The molecule has 2 rings (SSSR count). The summed E-state index contributed by atoms with van der Waals surface area (Å²) < 4.78 is 0. The van der Waals surface area contributed by atoms with E-state index in [1.807, 2.05) is 42.4 Å². The molecule has 0 aliphatic rings. The fourth-order valence-electron chi connectivity index (χ4n) is 2.08. The van der Waals surface area contributed by atoms with Crippen LogP contribution in [0.2, 0.25) is 5.02 Å². The highest BCUT2D eigenvalue weighted by molar-refractivity contribution is 7.99. The second-order valence-corrected chi connectivity index (χ2v) is 6.14. The van der Waals surface area contributed by atoms with Crippen molar-refractivity contribution in [2.75, 3.05) is 12.3 Å². The average molecular weight is 307 g/mol. The smallest absolute Gasteiger partial charge is 0.0433 e. The topological polar surface area (TPSA) is 24.9 Å². The highest BCUT2D eigenvalue weighted by Gasteiger charge is 2.13. The Balaban J connectivity index is 2.08. The summed E-state index contributed by atoms with van der Waals surface area (Å²) in [5.74, 6) is 0.959. The number of nitrogens with one attached hydrogen (secondary N) is 1. The molecule has 0 saturated heterocycles. The van der Waals surface area contributed by atoms with Crippen molar-refractivity contribution in [3.8, 4) is 0 Å². The predicted octanol–water partition coefficient (Wildman–Crippen LogP) is 4.49. The van der Waals surface area contributed by atoms with Gasteiger partial charge in [-0.15, -0.1) is 11.8 Å². The first-order valence-corrected chi connectivity index (χ1v) is 8.09. The van der Waals surface area contributed by atoms with Crippen molar-refractivity contribution < 1.29 is 0 Å². The van der Waals surface area contributed by atoms with Gasteiger partial charge in [0.1, 0.15) is 0 Å². The fourth-order valence-corrected chi connectivity index (χ4v) is 3.38. The normalized spacial score (nSPS) is 12.3. The second kappa shape index (κ2) is 7.67. The molecular weight excluding hydrogens is 288 g/mol. The maximum absolute atomic E-state index is 6.02. The van der Waals surface area contributed by atoms with Crippen molar-refractivity contribution in [1.82, 2.24) is 10.3 Å². The fraction of sp³-hybridized carbons (Fsp3) is 0.312. The zero-order chi connectivity index (χ0) is 14.4. The Labute approximate surface area is 130 Å². The third-order valence-electron chi connectivity index (χ3n) is 3.12. The molecule has 0 fully saturated rings. The van der Waals surface area contributed by atoms with Gasteiger partial charge in [0.15, 0.2) is 0 Å². The van der Waals surface area contributed by atoms with Gasteiger partial charge in [0.05, 0.1) is 0 Å². The number of rotatable bonds is 6. The summed E-state index contributed by atoms with van der Waals surface area (Å²) in [5, 5.41) is 4.32. The summed E-state index contributed by atoms with van der Waals surface area (Å²) >= 11 is 7.84. The number of aromatic nitrogens is 1. The van der Waals surface area contributed by atoms with Gasteiger partial charge in [-0.25, -0.2) is 0 Å². The van der Waals surface area contributed by atoms with Gasteiger partial charge in [0.25, 0.3) is 0 Å². The van der Waals surface area contributed by atoms with Crippen LogP contribution in [0.1, 0.15) is 24.1 Å². The van der Waals surface area contributed by atoms with E-state index in [0.717, 1.165) is 17.3 Å². The van der Waals surface area contributed by atoms with E-state index in [2.05, 4.69) is 36.3 Å². The van der Waals surface area contributed by atoms with Gasteiger partial charge >= 0.3 is 0 Å². The Morgan fingerprint density at radius 1 is 1.35 bits per heavy atom. The summed E-state index contributed by atoms with van der Waals surface area (Å²) in [6.07, 6.45) is 3.80. The van der Waals surface area contributed by atoms with Crippen LogP contribution in [0.25, 0.3) is 0 Å². The van der Waals surface area contributed by atoms with Crippen molar-refractivity contribution >= 4 is 23.4 Å². The minimum absolute atomic E-state index is 0.303. The maximum atomic E-state index is 6.02. The lowest BCUT2D eigenvalue weighted by atomic mass is 10.1. The summed E-state index contributed by atoms with van der Waals surface area (Å²) in [6, 6.07) is 10.4. The molecule has 0 spiro atoms. The number of benzene rings is 1. The molecule has 20 heavy (non-hydrogen) atoms. The van der Waals surface area contributed by atoms with Crippen LogP contribution in [0.5, 0.6) is 0 Å². The van der Waals surface area contributed by atoms with Crippen LogP contribution in [0.3, 0.4) is 0 Å². The summed E-state index contributed by atoms with van der Waals surface area (Å²) in [7, 11) is 0. The van der Waals surface area contributed by atoms with Crippen molar-refractivity contribution in [2.45, 2.75) is 24.8 Å². The van der Waals surface area contributed by atoms with Crippen molar-refractivity contribution in [3.05, 3.63) is 58.9 Å². The molecule has 2 aromatic rings. The minimum atomic E-state index is 0.303. The van der Waals surface area contributed by atoms with Gasteiger partial charge in [-0.3, -0.25) is 4.98 Å². The molecular formula is C16H19ClN2S. The number of aryl methyl sites for hydroxylation is 1. The zero-order valence-electron chi connectivity index (χ0n) is 11.8. The van der Waals surface area contributed by atoms with E-state index < -0.39 is 0 Å². The first-order valence-electron chi connectivity index (χ1n) is 6.73. The van der Waals surface area contributed by atoms with Crippen LogP contribution in [-0.2, 0) is 0 Å². The molecule has 1 unspecified atom stereocenters. The largest absolute Gasteiger partial charge is 0.309 e. The van der Waals surface area contributed by atoms with Gasteiger partial charge in [-0.05, 0) is 48.9 Å². The molecule has 0 aliphatic carbocycles. The molecule has 106 valence electrons. The highest BCUT2D eigenvalue weighted by atomic mass is 35.5. The molecule has 1 aromatic carbocycles. The van der Waals surface area contributed by atoms with Gasteiger partial charge in [0, 0.05) is 34.1 Å². The molecule has 0 bridgehead atoms. The number of halogens is 1. The minimum Gasteiger partial charge on any atom is -0.309 e. The SMILES string of the molecule is CCNC(CSc1cccc(Cl)c1)c1cnccc1C. The Morgan fingerprint density at radius 3 is 2.90 bits per heavy atom. The Hall–Kier alpha value is -1.03. The summed E-state index contributed by atoms with van der Waals surface area (Å²) in [6.45, 7) is 5.20. The molecule has 1 N–H and O–H groups in total. The third-order valence-corrected chi connectivity index (χ3v) is 4.44. The molecule has 4 heteroatoms. The average Bonchev–Trinajstić information content (AvgIpc) is 2.44. The zero-order valence-corrected chi connectivity index (χ0v) is 13.3. The Morgan fingerprint density at radius 2 is 2.20 bits per heavy atom. The number of pyridine rings is 1. The van der Waals surface area contributed by atoms with Gasteiger partial charge < -0.3 is 5.32 Å². The van der Waals surface area contributed by atoms with Crippen LogP contribution in [-0.4, -0.2) is 17.3 Å². The lowest BCUT2D eigenvalue weighted by Gasteiger charge is -2.19. The van der Waals surface area contributed by atoms with E-state index in [-0.39, 0.29) is 0 Å². The predicted molar refractivity (Wildman–Crippen MR) is 87.6 cm³/mol. The van der Waals surface area contributed by atoms with Crippen LogP contribution >= 0.6 is 23.4 Å². The highest BCUT2D eigenvalue weighted by Crippen LogP contribution is 2.27. The van der Waals surface area contributed by atoms with Gasteiger partial charge in [-0.1, -0.05) is 24.6 Å². The Bertz CT molecular complexity index is 560. The summed E-state index contributed by atoms with van der Waals surface area (Å²) in [4.78, 5) is 5.44. The van der Waals surface area contributed by atoms with Crippen LogP contribution in [0.4, 0.5) is 0 Å². The molecule has 0 saturated carbocycles. The molecule has 0 radical (unpaired) electrons. The number of nitrogens with zero attached hydrogens (tertiary/aromatic N) is 1. The van der Waals surface area contributed by atoms with E-state index in [9.17, 15) is 0 Å². The van der Waals surface area contributed by atoms with Crippen LogP contribution < -0.4 is 5.32 Å². The quantitative estimate of drug-likeness (QED) is 0.796. The van der Waals surface area contributed by atoms with Crippen LogP contribution in [0.15, 0.2) is 47.6 Å². The first kappa shape index (κ1) is 15.4. The van der Waals surface area contributed by atoms with E-state index in [1.54, 1.807) is 0 Å². The second-order valence-electron chi connectivity index (χ2n) is 4.61. The maximum Gasteiger partial charge on any atom is 0.0433 e. The Kier molecular flexibility index (Phi) is 5.89. The molecule has 0 aliphatic heterocycles. The van der Waals surface area contributed by atoms with Crippen molar-refractivity contribution in [2.24, 2.45) is 0 Å². The molecule has 0 amide bonds. The van der Waals surface area contributed by atoms with Gasteiger partial charge in [0.2, 0.25) is 0 Å². The lowest BCUT2D eigenvalue weighted by molar-refractivity contribution is 0.601. The van der Waals surface area contributed by atoms with Crippen molar-refractivity contribution in [1.29, 1.82) is 0 Å². The molecule has 2 nitrogen and oxygen atoms in total. The molecule has 1 atom stereocenters. The first-order chi connectivity index (χ1) is 9.70. The van der Waals surface area contributed by atoms with E-state index in [1.165, 1.54) is 16.0 Å². The lowest BCUT2D eigenvalue weighted by Crippen LogP contribution is -2.23. The number of thioether (sulfide) groups is 1. The van der Waals surface area contributed by atoms with E-state index in [0.29, 0.717) is 6.04 Å². The molecule has 1 heterocycles. The number of hydrogen-bond donors (Lipinski definition) is 1. The van der Waals surface area contributed by atoms with Crippen LogP contribution in [0, 0.1) is 6.92 Å². The molecule has 1 aromatic heterocycles. The van der Waals surface area contributed by atoms with E-state index in [4.69, 9.17) is 11.6 Å². The monoisotopic (exact) mass is 306 g/mol. The van der Waals surface area contributed by atoms with Gasteiger partial charge in [-0.2, -0.15) is 0 Å². The standard InChI is InChI=1S/C16H19ClN2S/c1-3-19-16(15-10-18-8-7-12(15)2)11-20-14-6-4-5-13(17)9-14/h4-10,16,19H,3,11H2,1-2H3. The summed E-state index contributed by atoms with van der Waals surface area (Å²) in [5.41, 5.74) is 2.54. The van der Waals surface area contributed by atoms with Crippen molar-refractivity contribution in [3.63, 3.8) is 0 Å².